The first-order valence-corrected chi connectivity index (χ1v) is 6.05. The van der Waals surface area contributed by atoms with Gasteiger partial charge in [-0.25, -0.2) is 0 Å². The van der Waals surface area contributed by atoms with Crippen molar-refractivity contribution >= 4 is 0 Å². The van der Waals surface area contributed by atoms with Gasteiger partial charge in [-0.05, 0) is 26.3 Å². The summed E-state index contributed by atoms with van der Waals surface area (Å²) in [6.07, 6.45) is 1.91. The lowest BCUT2D eigenvalue weighted by Crippen LogP contribution is -2.42. The Morgan fingerprint density at radius 1 is 1.35 bits per heavy atom. The minimum absolute atomic E-state index is 0.252. The lowest BCUT2D eigenvalue weighted by atomic mass is 10.1. The molecule has 1 N–H and O–H groups in total. The molecule has 0 aromatic heterocycles. The smallest absolute Gasteiger partial charge is 0.0718 e. The Hall–Kier alpha value is -1.12. The maximum atomic E-state index is 9.93. The van der Waals surface area contributed by atoms with Crippen molar-refractivity contribution in [3.63, 3.8) is 0 Å². The van der Waals surface area contributed by atoms with Crippen LogP contribution in [0.2, 0.25) is 0 Å². The Bertz CT molecular complexity index is 340. The van der Waals surface area contributed by atoms with Crippen LogP contribution in [0.5, 0.6) is 0 Å². The fourth-order valence-corrected chi connectivity index (χ4v) is 1.81. The van der Waals surface area contributed by atoms with Gasteiger partial charge in [-0.1, -0.05) is 36.4 Å². The summed E-state index contributed by atoms with van der Waals surface area (Å²) in [5, 5.41) is 9.93. The first-order valence-electron chi connectivity index (χ1n) is 6.05. The molecule has 17 heavy (non-hydrogen) atoms. The topological polar surface area (TPSA) is 23.5 Å². The average molecular weight is 233 g/mol. The summed E-state index contributed by atoms with van der Waals surface area (Å²) in [7, 11) is 0. The van der Waals surface area contributed by atoms with Gasteiger partial charge >= 0.3 is 0 Å². The van der Waals surface area contributed by atoms with Crippen molar-refractivity contribution < 1.29 is 5.11 Å². The highest BCUT2D eigenvalue weighted by Gasteiger charge is 2.20. The van der Waals surface area contributed by atoms with Crippen LogP contribution in [0, 0.1) is 0 Å². The highest BCUT2D eigenvalue weighted by atomic mass is 16.3. The van der Waals surface area contributed by atoms with E-state index in [2.05, 4.69) is 30.5 Å². The molecule has 1 aromatic carbocycles. The third-order valence-electron chi connectivity index (χ3n) is 2.74. The minimum Gasteiger partial charge on any atom is -0.389 e. The second kappa shape index (κ2) is 5.99. The van der Waals surface area contributed by atoms with Crippen molar-refractivity contribution in [2.24, 2.45) is 0 Å². The summed E-state index contributed by atoms with van der Waals surface area (Å²) < 4.78 is 0. The lowest BCUT2D eigenvalue weighted by Gasteiger charge is -2.32. The van der Waals surface area contributed by atoms with Crippen LogP contribution >= 0.6 is 0 Å². The molecular formula is C15H23NO. The van der Waals surface area contributed by atoms with Gasteiger partial charge in [0.25, 0.3) is 0 Å². The van der Waals surface area contributed by atoms with Gasteiger partial charge in [0.1, 0.15) is 0 Å². The van der Waals surface area contributed by atoms with Gasteiger partial charge in [0.05, 0.1) is 5.60 Å². The number of aliphatic hydroxyl groups is 1. The molecule has 1 unspecified atom stereocenters. The van der Waals surface area contributed by atoms with Crippen molar-refractivity contribution in [2.45, 2.75) is 39.0 Å². The van der Waals surface area contributed by atoms with Gasteiger partial charge < -0.3 is 5.11 Å². The second-order valence-electron chi connectivity index (χ2n) is 5.18. The van der Waals surface area contributed by atoms with E-state index in [9.17, 15) is 5.11 Å². The summed E-state index contributed by atoms with van der Waals surface area (Å²) in [6, 6.07) is 10.6. The molecule has 0 aliphatic heterocycles. The molecule has 0 heterocycles. The third-order valence-corrected chi connectivity index (χ3v) is 2.74. The fraction of sp³-hybridized carbons (Fsp3) is 0.467. The average Bonchev–Trinajstić information content (AvgIpc) is 2.27. The van der Waals surface area contributed by atoms with Gasteiger partial charge in [0, 0.05) is 19.1 Å². The predicted octanol–water partition coefficient (Wildman–Crippen LogP) is 2.83. The zero-order valence-corrected chi connectivity index (χ0v) is 11.1. The van der Waals surface area contributed by atoms with E-state index < -0.39 is 5.60 Å². The van der Waals surface area contributed by atoms with Crippen LogP contribution in [-0.4, -0.2) is 28.2 Å². The Morgan fingerprint density at radius 2 is 1.94 bits per heavy atom. The van der Waals surface area contributed by atoms with Crippen LogP contribution in [0.25, 0.3) is 0 Å². The Labute approximate surface area is 105 Å². The van der Waals surface area contributed by atoms with Crippen molar-refractivity contribution in [2.75, 3.05) is 6.54 Å². The number of hydrogen-bond acceptors (Lipinski definition) is 2. The number of rotatable bonds is 6. The van der Waals surface area contributed by atoms with Crippen LogP contribution in [0.1, 0.15) is 26.3 Å². The molecule has 0 fully saturated rings. The summed E-state index contributed by atoms with van der Waals surface area (Å²) in [4.78, 5) is 2.22. The zero-order valence-electron chi connectivity index (χ0n) is 11.1. The summed E-state index contributed by atoms with van der Waals surface area (Å²) in [6.45, 7) is 11.1. The van der Waals surface area contributed by atoms with Crippen molar-refractivity contribution in [1.82, 2.24) is 4.90 Å². The standard InChI is InChI=1S/C15H23NO/c1-5-13(2)16(12-15(3,4)17)11-14-9-7-6-8-10-14/h5-10,13,17H,1,11-12H2,2-4H3. The Kier molecular flexibility index (Phi) is 4.91. The highest BCUT2D eigenvalue weighted by Crippen LogP contribution is 2.13. The fourth-order valence-electron chi connectivity index (χ4n) is 1.81. The quantitative estimate of drug-likeness (QED) is 0.764. The van der Waals surface area contributed by atoms with E-state index in [0.717, 1.165) is 6.54 Å². The molecule has 94 valence electrons. The maximum Gasteiger partial charge on any atom is 0.0718 e. The maximum absolute atomic E-state index is 9.93. The number of nitrogens with zero attached hydrogens (tertiary/aromatic N) is 1. The molecule has 0 saturated heterocycles. The Balaban J connectivity index is 2.74. The van der Waals surface area contributed by atoms with Crippen LogP contribution in [0.15, 0.2) is 43.0 Å². The van der Waals surface area contributed by atoms with E-state index in [0.29, 0.717) is 6.54 Å². The summed E-state index contributed by atoms with van der Waals surface area (Å²) in [5.41, 5.74) is 0.567. The van der Waals surface area contributed by atoms with Gasteiger partial charge in [-0.2, -0.15) is 0 Å². The molecule has 0 radical (unpaired) electrons. The van der Waals surface area contributed by atoms with Gasteiger partial charge in [0.2, 0.25) is 0 Å². The van der Waals surface area contributed by atoms with Gasteiger partial charge in [-0.3, -0.25) is 4.90 Å². The molecule has 1 rings (SSSR count). The van der Waals surface area contributed by atoms with E-state index in [1.54, 1.807) is 0 Å². The molecule has 2 nitrogen and oxygen atoms in total. The third kappa shape index (κ3) is 5.16. The molecule has 0 amide bonds. The van der Waals surface area contributed by atoms with E-state index in [1.165, 1.54) is 5.56 Å². The second-order valence-corrected chi connectivity index (χ2v) is 5.18. The van der Waals surface area contributed by atoms with E-state index >= 15 is 0 Å². The molecule has 1 aromatic rings. The predicted molar refractivity (Wildman–Crippen MR) is 72.8 cm³/mol. The van der Waals surface area contributed by atoms with E-state index in [-0.39, 0.29) is 6.04 Å². The van der Waals surface area contributed by atoms with Gasteiger partial charge in [0.15, 0.2) is 0 Å². The Morgan fingerprint density at radius 3 is 2.41 bits per heavy atom. The number of benzene rings is 1. The monoisotopic (exact) mass is 233 g/mol. The number of hydrogen-bond donors (Lipinski definition) is 1. The van der Waals surface area contributed by atoms with Crippen molar-refractivity contribution in [1.29, 1.82) is 0 Å². The van der Waals surface area contributed by atoms with Crippen LogP contribution < -0.4 is 0 Å². The van der Waals surface area contributed by atoms with Crippen LogP contribution in [-0.2, 0) is 6.54 Å². The van der Waals surface area contributed by atoms with E-state index in [1.807, 2.05) is 38.1 Å². The first-order chi connectivity index (χ1) is 7.92. The molecule has 0 spiro atoms. The molecular weight excluding hydrogens is 210 g/mol. The minimum atomic E-state index is -0.688. The summed E-state index contributed by atoms with van der Waals surface area (Å²) in [5.74, 6) is 0. The van der Waals surface area contributed by atoms with Crippen molar-refractivity contribution in [3.05, 3.63) is 48.6 Å². The highest BCUT2D eigenvalue weighted by molar-refractivity contribution is 5.15. The first kappa shape index (κ1) is 13.9. The molecule has 0 saturated carbocycles. The normalized spacial score (nSPS) is 13.7. The molecule has 0 bridgehead atoms. The van der Waals surface area contributed by atoms with Crippen molar-refractivity contribution in [3.8, 4) is 0 Å². The van der Waals surface area contributed by atoms with Crippen LogP contribution in [0.3, 0.4) is 0 Å². The SMILES string of the molecule is C=CC(C)N(Cc1ccccc1)CC(C)(C)O. The molecule has 1 atom stereocenters. The largest absolute Gasteiger partial charge is 0.389 e. The molecule has 0 aliphatic carbocycles. The molecule has 0 aliphatic rings. The van der Waals surface area contributed by atoms with E-state index in [4.69, 9.17) is 0 Å². The zero-order chi connectivity index (χ0) is 12.9. The molecule has 2 heteroatoms. The van der Waals surface area contributed by atoms with Gasteiger partial charge in [-0.15, -0.1) is 6.58 Å². The summed E-state index contributed by atoms with van der Waals surface area (Å²) >= 11 is 0. The lowest BCUT2D eigenvalue weighted by molar-refractivity contribution is 0.0264. The van der Waals surface area contributed by atoms with Crippen LogP contribution in [0.4, 0.5) is 0 Å².